The molecule has 15 heavy (non-hydrogen) atoms. The Labute approximate surface area is 91.4 Å². The van der Waals surface area contributed by atoms with Gasteiger partial charge in [0.25, 0.3) is 0 Å². The lowest BCUT2D eigenvalue weighted by Gasteiger charge is -2.14. The summed E-state index contributed by atoms with van der Waals surface area (Å²) in [6, 6.07) is 0. The van der Waals surface area contributed by atoms with Crippen molar-refractivity contribution in [3.05, 3.63) is 12.1 Å². The average Bonchev–Trinajstić information content (AvgIpc) is 2.16. The van der Waals surface area contributed by atoms with Crippen LogP contribution in [-0.4, -0.2) is 43.3 Å². The third-order valence-corrected chi connectivity index (χ3v) is 2.00. The van der Waals surface area contributed by atoms with Gasteiger partial charge in [-0.3, -0.25) is 9.59 Å². The van der Waals surface area contributed by atoms with Gasteiger partial charge in [-0.15, -0.1) is 5.98 Å². The van der Waals surface area contributed by atoms with Gasteiger partial charge < -0.3 is 10.0 Å². The highest BCUT2D eigenvalue weighted by atomic mass is 16.4. The number of carboxylic acids is 1. The van der Waals surface area contributed by atoms with E-state index in [1.54, 1.807) is 11.9 Å². The van der Waals surface area contributed by atoms with Gasteiger partial charge >= 0.3 is 5.97 Å². The minimum Gasteiger partial charge on any atom is -0.481 e. The maximum Gasteiger partial charge on any atom is 0.303 e. The molecule has 0 aromatic heterocycles. The molecule has 0 heterocycles. The number of carbonyl (C=O) groups excluding carboxylic acids is 1. The van der Waals surface area contributed by atoms with E-state index in [-0.39, 0.29) is 12.3 Å². The third-order valence-electron chi connectivity index (χ3n) is 2.00. The second kappa shape index (κ2) is 8.09. The molecule has 0 atom stereocenters. The Morgan fingerprint density at radius 3 is 2.53 bits per heavy atom. The molecule has 0 saturated carbocycles. The average molecular weight is 209 g/mol. The quantitative estimate of drug-likeness (QED) is 0.382. The molecular formula is C10H16BNO3. The molecular weight excluding hydrogens is 193 g/mol. The largest absolute Gasteiger partial charge is 0.481 e. The van der Waals surface area contributed by atoms with Crippen LogP contribution in [-0.2, 0) is 9.59 Å². The summed E-state index contributed by atoms with van der Waals surface area (Å²) >= 11 is 0. The summed E-state index contributed by atoms with van der Waals surface area (Å²) in [6.07, 6.45) is 3.78. The van der Waals surface area contributed by atoms with Crippen LogP contribution in [0.5, 0.6) is 0 Å². The highest BCUT2D eigenvalue weighted by molar-refractivity contribution is 6.18. The molecule has 1 N–H and O–H groups in total. The summed E-state index contributed by atoms with van der Waals surface area (Å²) in [6.45, 7) is 0.628. The van der Waals surface area contributed by atoms with Crippen LogP contribution in [0.4, 0.5) is 0 Å². The number of rotatable bonds is 7. The Kier molecular flexibility index (Phi) is 7.41. The minimum absolute atomic E-state index is 0.129. The van der Waals surface area contributed by atoms with Crippen molar-refractivity contribution in [2.75, 3.05) is 13.6 Å². The lowest BCUT2D eigenvalue weighted by Crippen LogP contribution is -2.25. The normalized spacial score (nSPS) is 10.5. The molecule has 0 aliphatic rings. The van der Waals surface area contributed by atoms with E-state index in [1.165, 1.54) is 12.1 Å². The van der Waals surface area contributed by atoms with Gasteiger partial charge in [0.05, 0.1) is 0 Å². The summed E-state index contributed by atoms with van der Waals surface area (Å²) < 4.78 is 0. The van der Waals surface area contributed by atoms with E-state index in [0.717, 1.165) is 12.8 Å². The summed E-state index contributed by atoms with van der Waals surface area (Å²) in [5.74, 6) is 0.310. The van der Waals surface area contributed by atoms with Crippen molar-refractivity contribution in [1.29, 1.82) is 0 Å². The Bertz CT molecular complexity index is 241. The number of unbranched alkanes of at least 4 members (excludes halogenated alkanes) is 2. The lowest BCUT2D eigenvalue weighted by atomic mass is 10.1. The van der Waals surface area contributed by atoms with Gasteiger partial charge in [0, 0.05) is 20.0 Å². The standard InChI is InChI=1S/C10H16BNO3/c1-12(9(13)6-7-11)8-4-2-3-5-10(14)15/h6-7H,2-5,8H2,1H3,(H,14,15)/b7-6+. The Hall–Kier alpha value is -1.26. The van der Waals surface area contributed by atoms with Gasteiger partial charge in [-0.25, -0.2) is 0 Å². The van der Waals surface area contributed by atoms with Crippen molar-refractivity contribution in [3.8, 4) is 0 Å². The van der Waals surface area contributed by atoms with Gasteiger partial charge in [-0.2, -0.15) is 0 Å². The van der Waals surface area contributed by atoms with E-state index in [4.69, 9.17) is 13.0 Å². The van der Waals surface area contributed by atoms with Gasteiger partial charge in [-0.1, -0.05) is 6.42 Å². The Morgan fingerprint density at radius 2 is 2.00 bits per heavy atom. The number of nitrogens with zero attached hydrogens (tertiary/aromatic N) is 1. The number of carboxylic acid groups (broad SMARTS) is 1. The second-order valence-electron chi connectivity index (χ2n) is 3.32. The number of carbonyl (C=O) groups is 2. The minimum atomic E-state index is -0.773. The maximum absolute atomic E-state index is 11.2. The number of hydrogen-bond donors (Lipinski definition) is 1. The second-order valence-corrected chi connectivity index (χ2v) is 3.32. The van der Waals surface area contributed by atoms with E-state index in [2.05, 4.69) is 0 Å². The molecule has 1 amide bonds. The zero-order valence-corrected chi connectivity index (χ0v) is 8.98. The fourth-order valence-corrected chi connectivity index (χ4v) is 1.12. The van der Waals surface area contributed by atoms with Crippen LogP contribution in [0, 0.1) is 0 Å². The molecule has 0 spiro atoms. The number of amides is 1. The third kappa shape index (κ3) is 7.79. The van der Waals surface area contributed by atoms with E-state index in [9.17, 15) is 9.59 Å². The predicted molar refractivity (Wildman–Crippen MR) is 58.6 cm³/mol. The van der Waals surface area contributed by atoms with Crippen LogP contribution in [0.1, 0.15) is 25.7 Å². The van der Waals surface area contributed by atoms with Crippen molar-refractivity contribution in [2.45, 2.75) is 25.7 Å². The first kappa shape index (κ1) is 13.7. The molecule has 0 aromatic rings. The topological polar surface area (TPSA) is 57.6 Å². The van der Waals surface area contributed by atoms with Crippen molar-refractivity contribution in [3.63, 3.8) is 0 Å². The molecule has 0 aromatic carbocycles. The van der Waals surface area contributed by atoms with E-state index in [0.29, 0.717) is 13.0 Å². The predicted octanol–water partition coefficient (Wildman–Crippen LogP) is 0.772. The molecule has 0 aliphatic carbocycles. The van der Waals surface area contributed by atoms with Crippen LogP contribution >= 0.6 is 0 Å². The SMILES string of the molecule is [B]/C=C/C(=O)N(C)CCCCCC(=O)O. The number of aliphatic carboxylic acids is 1. The summed E-state index contributed by atoms with van der Waals surface area (Å²) in [7, 11) is 6.78. The number of likely N-dealkylation sites (N-methyl/N-ethyl adjacent to an activating group) is 1. The van der Waals surface area contributed by atoms with E-state index in [1.807, 2.05) is 0 Å². The van der Waals surface area contributed by atoms with Crippen molar-refractivity contribution < 1.29 is 14.7 Å². The first-order chi connectivity index (χ1) is 7.07. The fourth-order valence-electron chi connectivity index (χ4n) is 1.12. The van der Waals surface area contributed by atoms with Crippen molar-refractivity contribution in [1.82, 2.24) is 4.90 Å². The monoisotopic (exact) mass is 209 g/mol. The van der Waals surface area contributed by atoms with Gasteiger partial charge in [0.2, 0.25) is 5.91 Å². The van der Waals surface area contributed by atoms with Gasteiger partial charge in [0.15, 0.2) is 0 Å². The van der Waals surface area contributed by atoms with Crippen molar-refractivity contribution >= 4 is 19.7 Å². The summed E-state index contributed by atoms with van der Waals surface area (Å²) in [4.78, 5) is 22.9. The molecule has 5 heteroatoms. The molecule has 0 unspecified atom stereocenters. The smallest absolute Gasteiger partial charge is 0.303 e. The van der Waals surface area contributed by atoms with Crippen LogP contribution in [0.15, 0.2) is 12.1 Å². The van der Waals surface area contributed by atoms with E-state index >= 15 is 0 Å². The zero-order chi connectivity index (χ0) is 11.7. The first-order valence-corrected chi connectivity index (χ1v) is 4.93. The highest BCUT2D eigenvalue weighted by Crippen LogP contribution is 2.01. The Morgan fingerprint density at radius 1 is 1.33 bits per heavy atom. The first-order valence-electron chi connectivity index (χ1n) is 4.93. The highest BCUT2D eigenvalue weighted by Gasteiger charge is 2.03. The molecule has 2 radical (unpaired) electrons. The van der Waals surface area contributed by atoms with Gasteiger partial charge in [-0.05, 0) is 18.9 Å². The van der Waals surface area contributed by atoms with Crippen LogP contribution < -0.4 is 0 Å². The maximum atomic E-state index is 11.2. The summed E-state index contributed by atoms with van der Waals surface area (Å²) in [5.41, 5.74) is 0. The van der Waals surface area contributed by atoms with Crippen LogP contribution in [0.3, 0.4) is 0 Å². The zero-order valence-electron chi connectivity index (χ0n) is 8.98. The van der Waals surface area contributed by atoms with E-state index < -0.39 is 5.97 Å². The van der Waals surface area contributed by atoms with Gasteiger partial charge in [0.1, 0.15) is 7.85 Å². The lowest BCUT2D eigenvalue weighted by molar-refractivity contribution is -0.137. The molecule has 0 aliphatic heterocycles. The van der Waals surface area contributed by atoms with Crippen molar-refractivity contribution in [2.24, 2.45) is 0 Å². The molecule has 82 valence electrons. The molecule has 4 nitrogen and oxygen atoms in total. The van der Waals surface area contributed by atoms with Crippen LogP contribution in [0.25, 0.3) is 0 Å². The molecule has 0 bridgehead atoms. The molecule has 0 rings (SSSR count). The summed E-state index contributed by atoms with van der Waals surface area (Å²) in [5, 5.41) is 8.39. The van der Waals surface area contributed by atoms with Crippen LogP contribution in [0.2, 0.25) is 0 Å². The molecule has 0 saturated heterocycles. The molecule has 0 fully saturated rings. The number of hydrogen-bond acceptors (Lipinski definition) is 2. The Balaban J connectivity index is 3.50. The fraction of sp³-hybridized carbons (Fsp3) is 0.600.